The molecule has 1 aromatic carbocycles. The van der Waals surface area contributed by atoms with Gasteiger partial charge in [0.25, 0.3) is 0 Å². The largest absolute Gasteiger partial charge is 0.417 e. The number of imidazole rings is 1. The molecule has 1 aliphatic rings. The molecule has 0 bridgehead atoms. The maximum absolute atomic E-state index is 13.2. The lowest BCUT2D eigenvalue weighted by atomic mass is 9.92. The van der Waals surface area contributed by atoms with E-state index in [1.165, 1.54) is 12.1 Å². The summed E-state index contributed by atoms with van der Waals surface area (Å²) in [6, 6.07) is 4.05. The minimum absolute atomic E-state index is 0.190. The molecule has 1 aliphatic carbocycles. The molecule has 0 amide bonds. The highest BCUT2D eigenvalue weighted by molar-refractivity contribution is 6.31. The summed E-state index contributed by atoms with van der Waals surface area (Å²) in [5, 5.41) is 5.95. The van der Waals surface area contributed by atoms with Crippen molar-refractivity contribution in [1.29, 1.82) is 0 Å². The van der Waals surface area contributed by atoms with Crippen LogP contribution in [0.2, 0.25) is 5.02 Å². The van der Waals surface area contributed by atoms with Crippen LogP contribution in [0.3, 0.4) is 0 Å². The maximum Gasteiger partial charge on any atom is 0.417 e. The van der Waals surface area contributed by atoms with Crippen molar-refractivity contribution in [2.45, 2.75) is 57.4 Å². The molecule has 3 aromatic rings. The van der Waals surface area contributed by atoms with E-state index in [1.807, 2.05) is 11.5 Å². The van der Waals surface area contributed by atoms with Gasteiger partial charge in [0.15, 0.2) is 17.0 Å². The Balaban J connectivity index is 1.69. The highest BCUT2D eigenvalue weighted by Crippen LogP contribution is 2.37. The molecule has 2 aromatic heterocycles. The van der Waals surface area contributed by atoms with E-state index in [-0.39, 0.29) is 22.8 Å². The topological polar surface area (TPSA) is 93.7 Å². The Bertz CT molecular complexity index is 1070. The second-order valence-corrected chi connectivity index (χ2v) is 8.08. The van der Waals surface area contributed by atoms with Gasteiger partial charge in [0.05, 0.1) is 16.9 Å². The number of aryl methyl sites for hydroxylation is 1. The Morgan fingerprint density at radius 3 is 2.61 bits per heavy atom. The lowest BCUT2D eigenvalue weighted by Gasteiger charge is -2.26. The number of rotatable bonds is 5. The van der Waals surface area contributed by atoms with Gasteiger partial charge >= 0.3 is 6.18 Å². The number of halogens is 4. The number of hydrogen-bond acceptors (Lipinski definition) is 6. The zero-order chi connectivity index (χ0) is 22.2. The summed E-state index contributed by atoms with van der Waals surface area (Å²) in [5.41, 5.74) is 6.34. The van der Waals surface area contributed by atoms with Crippen molar-refractivity contribution >= 4 is 40.2 Å². The number of fused-ring (bicyclic) bond motifs is 1. The first-order valence-corrected chi connectivity index (χ1v) is 10.5. The molecule has 2 heterocycles. The fourth-order valence-corrected chi connectivity index (χ4v) is 3.96. The molecule has 31 heavy (non-hydrogen) atoms. The summed E-state index contributed by atoms with van der Waals surface area (Å²) in [6.07, 6.45) is 0.728. The van der Waals surface area contributed by atoms with E-state index in [0.717, 1.165) is 31.7 Å². The standard InChI is InChI=1S/C20H23ClF3N7/c1-2-31-10-26-16-17(27-13-7-8-15(21)14(9-13)20(22,23)24)29-19(30-18(16)31)28-12-5-3-11(25)4-6-12/h7-12H,2-6,25H2,1H3,(H2,27,28,29,30)/t11-,12+. The molecule has 4 N–H and O–H groups in total. The summed E-state index contributed by atoms with van der Waals surface area (Å²) in [5.74, 6) is 0.721. The van der Waals surface area contributed by atoms with Gasteiger partial charge in [-0.25, -0.2) is 4.98 Å². The van der Waals surface area contributed by atoms with E-state index in [1.54, 1.807) is 6.33 Å². The number of aromatic nitrogens is 4. The van der Waals surface area contributed by atoms with E-state index in [9.17, 15) is 13.2 Å². The third kappa shape index (κ3) is 4.69. The molecule has 1 saturated carbocycles. The predicted molar refractivity (Wildman–Crippen MR) is 115 cm³/mol. The van der Waals surface area contributed by atoms with E-state index in [0.29, 0.717) is 29.5 Å². The van der Waals surface area contributed by atoms with E-state index >= 15 is 0 Å². The van der Waals surface area contributed by atoms with Crippen LogP contribution < -0.4 is 16.4 Å². The van der Waals surface area contributed by atoms with E-state index < -0.39 is 11.7 Å². The van der Waals surface area contributed by atoms with Gasteiger partial charge in [-0.3, -0.25) is 0 Å². The first-order chi connectivity index (χ1) is 14.7. The Kier molecular flexibility index (Phi) is 5.94. The van der Waals surface area contributed by atoms with Crippen LogP contribution in [0, 0.1) is 0 Å². The molecule has 0 spiro atoms. The Hall–Kier alpha value is -2.59. The third-order valence-corrected chi connectivity index (χ3v) is 5.77. The number of nitrogens with one attached hydrogen (secondary N) is 2. The molecule has 1 fully saturated rings. The molecule has 0 radical (unpaired) electrons. The summed E-state index contributed by atoms with van der Waals surface area (Å²) in [4.78, 5) is 13.5. The van der Waals surface area contributed by atoms with Gasteiger partial charge in [-0.05, 0) is 50.8 Å². The van der Waals surface area contributed by atoms with Crippen molar-refractivity contribution in [2.24, 2.45) is 5.73 Å². The minimum atomic E-state index is -4.56. The van der Waals surface area contributed by atoms with Gasteiger partial charge < -0.3 is 20.9 Å². The molecule has 4 rings (SSSR count). The first-order valence-electron chi connectivity index (χ1n) is 10.1. The van der Waals surface area contributed by atoms with Gasteiger partial charge in [0.1, 0.15) is 0 Å². The van der Waals surface area contributed by atoms with Gasteiger partial charge in [-0.15, -0.1) is 0 Å². The van der Waals surface area contributed by atoms with E-state index in [2.05, 4.69) is 25.6 Å². The van der Waals surface area contributed by atoms with Crippen LogP contribution in [0.15, 0.2) is 24.5 Å². The third-order valence-electron chi connectivity index (χ3n) is 5.44. The van der Waals surface area contributed by atoms with Crippen LogP contribution >= 0.6 is 11.6 Å². The van der Waals surface area contributed by atoms with Crippen molar-refractivity contribution in [1.82, 2.24) is 19.5 Å². The van der Waals surface area contributed by atoms with Crippen LogP contribution in [-0.4, -0.2) is 31.6 Å². The molecule has 0 saturated heterocycles. The molecule has 0 aliphatic heterocycles. The SMILES string of the molecule is CCn1cnc2c(Nc3ccc(Cl)c(C(F)(F)F)c3)nc(N[C@H]3CC[C@@H](N)CC3)nc21. The molecular formula is C20H23ClF3N7. The normalized spacial score (nSPS) is 19.5. The van der Waals surface area contributed by atoms with Crippen LogP contribution in [0.1, 0.15) is 38.2 Å². The van der Waals surface area contributed by atoms with Crippen molar-refractivity contribution in [3.05, 3.63) is 35.1 Å². The van der Waals surface area contributed by atoms with Crippen molar-refractivity contribution < 1.29 is 13.2 Å². The predicted octanol–water partition coefficient (Wildman–Crippen LogP) is 4.94. The summed E-state index contributed by atoms with van der Waals surface area (Å²) < 4.78 is 41.6. The number of anilines is 3. The summed E-state index contributed by atoms with van der Waals surface area (Å²) in [6.45, 7) is 2.60. The highest BCUT2D eigenvalue weighted by atomic mass is 35.5. The summed E-state index contributed by atoms with van der Waals surface area (Å²) >= 11 is 5.74. The number of nitrogens with zero attached hydrogens (tertiary/aromatic N) is 4. The van der Waals surface area contributed by atoms with Crippen LogP contribution in [-0.2, 0) is 12.7 Å². The van der Waals surface area contributed by atoms with Gasteiger partial charge in [0.2, 0.25) is 5.95 Å². The molecule has 0 unspecified atom stereocenters. The maximum atomic E-state index is 13.2. The minimum Gasteiger partial charge on any atom is -0.351 e. The van der Waals surface area contributed by atoms with Gasteiger partial charge in [-0.2, -0.15) is 23.1 Å². The highest BCUT2D eigenvalue weighted by Gasteiger charge is 2.33. The molecular weight excluding hydrogens is 431 g/mol. The van der Waals surface area contributed by atoms with Crippen LogP contribution in [0.4, 0.5) is 30.6 Å². The smallest absolute Gasteiger partial charge is 0.351 e. The van der Waals surface area contributed by atoms with Crippen molar-refractivity contribution in [2.75, 3.05) is 10.6 Å². The zero-order valence-electron chi connectivity index (χ0n) is 16.9. The quantitative estimate of drug-likeness (QED) is 0.506. The fourth-order valence-electron chi connectivity index (χ4n) is 3.73. The average Bonchev–Trinajstić information content (AvgIpc) is 3.13. The Morgan fingerprint density at radius 1 is 1.19 bits per heavy atom. The zero-order valence-corrected chi connectivity index (χ0v) is 17.6. The fraction of sp³-hybridized carbons (Fsp3) is 0.450. The molecule has 0 atom stereocenters. The van der Waals surface area contributed by atoms with Crippen molar-refractivity contribution in [3.63, 3.8) is 0 Å². The van der Waals surface area contributed by atoms with Gasteiger partial charge in [0, 0.05) is 24.3 Å². The summed E-state index contributed by atoms with van der Waals surface area (Å²) in [7, 11) is 0. The molecule has 166 valence electrons. The second-order valence-electron chi connectivity index (χ2n) is 7.67. The number of alkyl halides is 3. The Morgan fingerprint density at radius 2 is 1.94 bits per heavy atom. The second kappa shape index (κ2) is 8.51. The first kappa shape index (κ1) is 21.6. The lowest BCUT2D eigenvalue weighted by molar-refractivity contribution is -0.137. The Labute approximate surface area is 182 Å². The van der Waals surface area contributed by atoms with E-state index in [4.69, 9.17) is 17.3 Å². The number of hydrogen-bond donors (Lipinski definition) is 3. The van der Waals surface area contributed by atoms with Crippen LogP contribution in [0.25, 0.3) is 11.2 Å². The van der Waals surface area contributed by atoms with Gasteiger partial charge in [-0.1, -0.05) is 11.6 Å². The number of benzene rings is 1. The molecule has 11 heteroatoms. The monoisotopic (exact) mass is 453 g/mol. The average molecular weight is 454 g/mol. The number of nitrogens with two attached hydrogens (primary N) is 1. The lowest BCUT2D eigenvalue weighted by Crippen LogP contribution is -2.33. The molecule has 7 nitrogen and oxygen atoms in total. The van der Waals surface area contributed by atoms with Crippen LogP contribution in [0.5, 0.6) is 0 Å². The van der Waals surface area contributed by atoms with Crippen molar-refractivity contribution in [3.8, 4) is 0 Å².